The minimum atomic E-state index is 0.0777. The van der Waals surface area contributed by atoms with Crippen LogP contribution < -0.4 is 10.7 Å². The third-order valence-electron chi connectivity index (χ3n) is 2.13. The van der Waals surface area contributed by atoms with Crippen LogP contribution >= 0.6 is 0 Å². The summed E-state index contributed by atoms with van der Waals surface area (Å²) in [6.07, 6.45) is 6.01. The van der Waals surface area contributed by atoms with Gasteiger partial charge in [-0.3, -0.25) is 4.79 Å². The van der Waals surface area contributed by atoms with E-state index in [1.807, 2.05) is 17.0 Å². The summed E-state index contributed by atoms with van der Waals surface area (Å²) in [5.74, 6) is 0. The zero-order chi connectivity index (χ0) is 10.2. The number of unbranched alkanes of at least 4 members (excludes halogenated alkanes) is 1. The van der Waals surface area contributed by atoms with Gasteiger partial charge in [0.05, 0.1) is 0 Å². The summed E-state index contributed by atoms with van der Waals surface area (Å²) in [7, 11) is 0. The molecule has 1 aromatic rings. The van der Waals surface area contributed by atoms with E-state index in [1.165, 1.54) is 6.42 Å². The van der Waals surface area contributed by atoms with Crippen molar-refractivity contribution in [2.45, 2.75) is 26.3 Å². The number of pyridine rings is 1. The van der Waals surface area contributed by atoms with Crippen molar-refractivity contribution in [2.75, 3.05) is 13.1 Å². The summed E-state index contributed by atoms with van der Waals surface area (Å²) >= 11 is 0. The maximum atomic E-state index is 10.8. The first-order valence-corrected chi connectivity index (χ1v) is 5.19. The van der Waals surface area contributed by atoms with Gasteiger partial charge >= 0.3 is 0 Å². The fourth-order valence-electron chi connectivity index (χ4n) is 1.31. The molecule has 1 rings (SSSR count). The Bertz CT molecular complexity index is 286. The van der Waals surface area contributed by atoms with Crippen molar-refractivity contribution in [3.05, 3.63) is 34.7 Å². The molecule has 3 nitrogen and oxygen atoms in total. The number of rotatable bonds is 6. The molecule has 0 bridgehead atoms. The molecule has 0 spiro atoms. The fraction of sp³-hybridized carbons (Fsp3) is 0.545. The van der Waals surface area contributed by atoms with Crippen LogP contribution in [0.4, 0.5) is 0 Å². The number of aromatic nitrogens is 1. The second-order valence-electron chi connectivity index (χ2n) is 3.33. The van der Waals surface area contributed by atoms with Gasteiger partial charge in [-0.15, -0.1) is 0 Å². The third kappa shape index (κ3) is 4.23. The highest BCUT2D eigenvalue weighted by atomic mass is 16.1. The summed E-state index contributed by atoms with van der Waals surface area (Å²) in [5.41, 5.74) is 0.0777. The molecule has 0 unspecified atom stereocenters. The normalized spacial score (nSPS) is 10.4. The lowest BCUT2D eigenvalue weighted by Gasteiger charge is -2.05. The second-order valence-corrected chi connectivity index (χ2v) is 3.33. The number of nitrogens with one attached hydrogen (secondary N) is 1. The molecule has 0 saturated carbocycles. The van der Waals surface area contributed by atoms with Gasteiger partial charge in [0.2, 0.25) is 0 Å². The maximum Gasteiger partial charge on any atom is 0.181 e. The van der Waals surface area contributed by atoms with Gasteiger partial charge in [0.1, 0.15) is 0 Å². The molecular formula is C11H18N2O. The number of nitrogens with zero attached hydrogens (tertiary/aromatic N) is 1. The molecule has 78 valence electrons. The van der Waals surface area contributed by atoms with Gasteiger partial charge in [-0.1, -0.05) is 6.92 Å². The molecule has 0 radical (unpaired) electrons. The molecule has 0 aliphatic carbocycles. The van der Waals surface area contributed by atoms with Gasteiger partial charge in [0.15, 0.2) is 5.43 Å². The summed E-state index contributed by atoms with van der Waals surface area (Å²) in [6.45, 7) is 5.22. The van der Waals surface area contributed by atoms with Crippen LogP contribution in [0.15, 0.2) is 29.3 Å². The lowest BCUT2D eigenvalue weighted by molar-refractivity contribution is 0.575. The lowest BCUT2D eigenvalue weighted by atomic mass is 10.3. The van der Waals surface area contributed by atoms with Crippen LogP contribution in [0.3, 0.4) is 0 Å². The van der Waals surface area contributed by atoms with E-state index < -0.39 is 0 Å². The maximum absolute atomic E-state index is 10.8. The van der Waals surface area contributed by atoms with Crippen LogP contribution in [0.5, 0.6) is 0 Å². The van der Waals surface area contributed by atoms with E-state index in [4.69, 9.17) is 0 Å². The van der Waals surface area contributed by atoms with Crippen LogP contribution in [-0.4, -0.2) is 17.7 Å². The van der Waals surface area contributed by atoms with Crippen molar-refractivity contribution in [2.24, 2.45) is 0 Å². The van der Waals surface area contributed by atoms with E-state index in [1.54, 1.807) is 12.1 Å². The molecule has 0 atom stereocenters. The largest absolute Gasteiger partial charge is 0.354 e. The van der Waals surface area contributed by atoms with Crippen molar-refractivity contribution in [1.29, 1.82) is 0 Å². The van der Waals surface area contributed by atoms with Crippen LogP contribution in [0.1, 0.15) is 19.8 Å². The quantitative estimate of drug-likeness (QED) is 0.691. The molecule has 0 aliphatic heterocycles. The van der Waals surface area contributed by atoms with Gasteiger partial charge in [-0.2, -0.15) is 0 Å². The van der Waals surface area contributed by atoms with E-state index in [-0.39, 0.29) is 5.43 Å². The Morgan fingerprint density at radius 3 is 2.64 bits per heavy atom. The molecular weight excluding hydrogens is 176 g/mol. The van der Waals surface area contributed by atoms with Crippen molar-refractivity contribution < 1.29 is 0 Å². The minimum absolute atomic E-state index is 0.0777. The fourth-order valence-corrected chi connectivity index (χ4v) is 1.31. The average Bonchev–Trinajstić information content (AvgIpc) is 2.21. The summed E-state index contributed by atoms with van der Waals surface area (Å²) < 4.78 is 2.05. The van der Waals surface area contributed by atoms with E-state index in [0.717, 1.165) is 26.1 Å². The van der Waals surface area contributed by atoms with E-state index in [0.29, 0.717) is 0 Å². The van der Waals surface area contributed by atoms with Gasteiger partial charge in [-0.05, 0) is 25.9 Å². The summed E-state index contributed by atoms with van der Waals surface area (Å²) in [6, 6.07) is 3.20. The molecule has 0 amide bonds. The first kappa shape index (κ1) is 11.0. The van der Waals surface area contributed by atoms with Gasteiger partial charge in [-0.25, -0.2) is 0 Å². The Labute approximate surface area is 84.8 Å². The van der Waals surface area contributed by atoms with Crippen LogP contribution in [0, 0.1) is 0 Å². The zero-order valence-electron chi connectivity index (χ0n) is 8.70. The highest BCUT2D eigenvalue weighted by Crippen LogP contribution is 1.93. The number of hydrogen-bond donors (Lipinski definition) is 1. The standard InChI is InChI=1S/C11H18N2O/c1-2-12-7-3-4-8-13-9-5-11(14)6-10-13/h5-6,9-10,12H,2-4,7-8H2,1H3. The summed E-state index contributed by atoms with van der Waals surface area (Å²) in [5, 5.41) is 3.28. The molecule has 1 aromatic heterocycles. The lowest BCUT2D eigenvalue weighted by Crippen LogP contribution is -2.14. The van der Waals surface area contributed by atoms with Crippen LogP contribution in [-0.2, 0) is 6.54 Å². The van der Waals surface area contributed by atoms with E-state index in [9.17, 15) is 4.79 Å². The van der Waals surface area contributed by atoms with Crippen LogP contribution in [0.25, 0.3) is 0 Å². The average molecular weight is 194 g/mol. The smallest absolute Gasteiger partial charge is 0.181 e. The molecule has 1 heterocycles. The SMILES string of the molecule is CCNCCCCn1ccc(=O)cc1. The van der Waals surface area contributed by atoms with Crippen molar-refractivity contribution >= 4 is 0 Å². The Kier molecular flexibility index (Phi) is 5.00. The molecule has 0 aromatic carbocycles. The topological polar surface area (TPSA) is 34.0 Å². The summed E-state index contributed by atoms with van der Waals surface area (Å²) in [4.78, 5) is 10.8. The number of aryl methyl sites for hydroxylation is 1. The van der Waals surface area contributed by atoms with Gasteiger partial charge in [0.25, 0.3) is 0 Å². The van der Waals surface area contributed by atoms with Crippen molar-refractivity contribution in [3.8, 4) is 0 Å². The van der Waals surface area contributed by atoms with Gasteiger partial charge < -0.3 is 9.88 Å². The predicted molar refractivity (Wildman–Crippen MR) is 58.5 cm³/mol. The molecule has 1 N–H and O–H groups in total. The second kappa shape index (κ2) is 6.38. The third-order valence-corrected chi connectivity index (χ3v) is 2.13. The molecule has 3 heteroatoms. The Hall–Kier alpha value is -1.09. The monoisotopic (exact) mass is 194 g/mol. The van der Waals surface area contributed by atoms with Gasteiger partial charge in [0, 0.05) is 31.1 Å². The molecule has 0 fully saturated rings. The first-order chi connectivity index (χ1) is 6.83. The minimum Gasteiger partial charge on any atom is -0.354 e. The Morgan fingerprint density at radius 1 is 1.29 bits per heavy atom. The zero-order valence-corrected chi connectivity index (χ0v) is 8.70. The van der Waals surface area contributed by atoms with E-state index in [2.05, 4.69) is 12.2 Å². The van der Waals surface area contributed by atoms with Crippen LogP contribution in [0.2, 0.25) is 0 Å². The Morgan fingerprint density at radius 2 is 2.00 bits per heavy atom. The highest BCUT2D eigenvalue weighted by molar-refractivity contribution is 4.93. The highest BCUT2D eigenvalue weighted by Gasteiger charge is 1.90. The molecule has 14 heavy (non-hydrogen) atoms. The Balaban J connectivity index is 2.18. The first-order valence-electron chi connectivity index (χ1n) is 5.19. The van der Waals surface area contributed by atoms with Crippen molar-refractivity contribution in [3.63, 3.8) is 0 Å². The van der Waals surface area contributed by atoms with Crippen molar-refractivity contribution in [1.82, 2.24) is 9.88 Å². The number of hydrogen-bond acceptors (Lipinski definition) is 2. The predicted octanol–water partition coefficient (Wildman–Crippen LogP) is 1.24. The molecule has 0 saturated heterocycles. The van der Waals surface area contributed by atoms with E-state index >= 15 is 0 Å². The molecule has 0 aliphatic rings.